The van der Waals surface area contributed by atoms with Gasteiger partial charge in [0.1, 0.15) is 18.1 Å². The molecule has 4 heteroatoms. The maximum absolute atomic E-state index is 13.0. The number of carbonyl (C=O) groups is 1. The first kappa shape index (κ1) is 19.8. The number of ether oxygens (including phenoxy) is 2. The van der Waals surface area contributed by atoms with E-state index in [9.17, 15) is 4.79 Å². The second kappa shape index (κ2) is 9.82. The molecule has 0 radical (unpaired) electrons. The van der Waals surface area contributed by atoms with Crippen LogP contribution in [0.2, 0.25) is 0 Å². The lowest BCUT2D eigenvalue weighted by Gasteiger charge is -2.24. The van der Waals surface area contributed by atoms with E-state index in [1.165, 1.54) is 32.1 Å². The van der Waals surface area contributed by atoms with Gasteiger partial charge in [0.25, 0.3) is 5.91 Å². The molecule has 0 aliphatic heterocycles. The van der Waals surface area contributed by atoms with Crippen LogP contribution in [-0.2, 0) is 6.61 Å². The molecule has 0 aromatic heterocycles. The van der Waals surface area contributed by atoms with Crippen LogP contribution in [0.15, 0.2) is 48.5 Å². The lowest BCUT2D eigenvalue weighted by molar-refractivity contribution is 0.0920. The maximum atomic E-state index is 13.0. The average Bonchev–Trinajstić information content (AvgIpc) is 3.27. The molecule has 2 saturated carbocycles. The third-order valence-corrected chi connectivity index (χ3v) is 5.98. The van der Waals surface area contributed by atoms with E-state index in [1.807, 2.05) is 48.5 Å². The minimum absolute atomic E-state index is 0.0282. The van der Waals surface area contributed by atoms with Crippen molar-refractivity contribution in [3.05, 3.63) is 59.7 Å². The van der Waals surface area contributed by atoms with Gasteiger partial charge in [0.05, 0.1) is 11.7 Å². The highest BCUT2D eigenvalue weighted by Gasteiger charge is 2.23. The van der Waals surface area contributed by atoms with Crippen LogP contribution in [0.5, 0.6) is 11.5 Å². The summed E-state index contributed by atoms with van der Waals surface area (Å²) in [6.45, 7) is 0.497. The predicted octanol–water partition coefficient (Wildman–Crippen LogP) is 5.65. The van der Waals surface area contributed by atoms with E-state index in [-0.39, 0.29) is 18.1 Å². The van der Waals surface area contributed by atoms with E-state index >= 15 is 0 Å². The van der Waals surface area contributed by atoms with Gasteiger partial charge in [0, 0.05) is 12.1 Å². The molecule has 1 amide bonds. The van der Waals surface area contributed by atoms with E-state index < -0.39 is 0 Å². The molecule has 29 heavy (non-hydrogen) atoms. The van der Waals surface area contributed by atoms with Crippen LogP contribution in [0.25, 0.3) is 0 Å². The van der Waals surface area contributed by atoms with Crippen LogP contribution >= 0.6 is 0 Å². The van der Waals surface area contributed by atoms with Crippen molar-refractivity contribution in [3.63, 3.8) is 0 Å². The Balaban J connectivity index is 1.48. The summed E-state index contributed by atoms with van der Waals surface area (Å²) < 4.78 is 12.2. The van der Waals surface area contributed by atoms with Crippen LogP contribution in [-0.4, -0.2) is 18.1 Å². The first-order valence-corrected chi connectivity index (χ1v) is 11.1. The number of nitrogens with one attached hydrogen (secondary N) is 1. The van der Waals surface area contributed by atoms with Crippen molar-refractivity contribution in [2.45, 2.75) is 76.5 Å². The van der Waals surface area contributed by atoms with E-state index in [4.69, 9.17) is 9.47 Å². The van der Waals surface area contributed by atoms with Gasteiger partial charge in [-0.3, -0.25) is 4.79 Å². The summed E-state index contributed by atoms with van der Waals surface area (Å²) in [7, 11) is 0. The van der Waals surface area contributed by atoms with Gasteiger partial charge in [0.15, 0.2) is 0 Å². The summed E-state index contributed by atoms with van der Waals surface area (Å²) in [6.07, 6.45) is 10.5. The third-order valence-electron chi connectivity index (χ3n) is 5.98. The first-order valence-electron chi connectivity index (χ1n) is 11.1. The number of carbonyl (C=O) groups excluding carboxylic acids is 1. The Morgan fingerprint density at radius 2 is 1.62 bits per heavy atom. The third kappa shape index (κ3) is 5.53. The zero-order valence-corrected chi connectivity index (χ0v) is 17.1. The van der Waals surface area contributed by atoms with Gasteiger partial charge in [-0.15, -0.1) is 0 Å². The molecule has 2 aromatic carbocycles. The Labute approximate surface area is 173 Å². The van der Waals surface area contributed by atoms with E-state index in [0.717, 1.165) is 37.0 Å². The summed E-state index contributed by atoms with van der Waals surface area (Å²) >= 11 is 0. The van der Waals surface area contributed by atoms with E-state index in [0.29, 0.717) is 17.9 Å². The zero-order chi connectivity index (χ0) is 19.9. The molecule has 0 unspecified atom stereocenters. The fraction of sp³-hybridized carbons (Fsp3) is 0.480. The smallest absolute Gasteiger partial charge is 0.255 e. The summed E-state index contributed by atoms with van der Waals surface area (Å²) in [5, 5.41) is 3.22. The summed E-state index contributed by atoms with van der Waals surface area (Å²) in [5.41, 5.74) is 1.74. The lowest BCUT2D eigenvalue weighted by Crippen LogP contribution is -2.36. The fourth-order valence-electron chi connectivity index (χ4n) is 4.31. The fourth-order valence-corrected chi connectivity index (χ4v) is 4.31. The maximum Gasteiger partial charge on any atom is 0.255 e. The summed E-state index contributed by atoms with van der Waals surface area (Å²) in [6, 6.07) is 16.0. The van der Waals surface area contributed by atoms with Crippen LogP contribution in [0, 0.1) is 0 Å². The van der Waals surface area contributed by atoms with Crippen molar-refractivity contribution in [3.8, 4) is 11.5 Å². The van der Waals surface area contributed by atoms with Crippen LogP contribution < -0.4 is 14.8 Å². The SMILES string of the molecule is O=C(NC1CCCCC1)c1ccc(OCc2ccccc2)cc1OC1CCCC1. The van der Waals surface area contributed by atoms with Gasteiger partial charge in [0.2, 0.25) is 0 Å². The molecule has 154 valence electrons. The zero-order valence-electron chi connectivity index (χ0n) is 17.1. The Morgan fingerprint density at radius 3 is 2.38 bits per heavy atom. The summed E-state index contributed by atoms with van der Waals surface area (Å²) in [4.78, 5) is 13.0. The minimum atomic E-state index is -0.0282. The Bertz CT molecular complexity index is 793. The molecule has 4 rings (SSSR count). The van der Waals surface area contributed by atoms with Crippen molar-refractivity contribution in [2.24, 2.45) is 0 Å². The molecule has 2 fully saturated rings. The Morgan fingerprint density at radius 1 is 0.897 bits per heavy atom. The molecule has 2 aliphatic rings. The normalized spacial score (nSPS) is 17.8. The monoisotopic (exact) mass is 393 g/mol. The van der Waals surface area contributed by atoms with Gasteiger partial charge in [-0.1, -0.05) is 49.6 Å². The number of hydrogen-bond acceptors (Lipinski definition) is 3. The van der Waals surface area contributed by atoms with Crippen molar-refractivity contribution >= 4 is 5.91 Å². The molecule has 1 N–H and O–H groups in total. The topological polar surface area (TPSA) is 47.6 Å². The molecule has 0 atom stereocenters. The molecule has 0 heterocycles. The summed E-state index contributed by atoms with van der Waals surface area (Å²) in [5.74, 6) is 1.35. The molecule has 0 saturated heterocycles. The molecular formula is C25H31NO3. The molecule has 0 spiro atoms. The minimum Gasteiger partial charge on any atom is -0.489 e. The Hall–Kier alpha value is -2.49. The number of hydrogen-bond donors (Lipinski definition) is 1. The molecule has 2 aliphatic carbocycles. The van der Waals surface area contributed by atoms with Crippen LogP contribution in [0.4, 0.5) is 0 Å². The molecule has 4 nitrogen and oxygen atoms in total. The molecule has 0 bridgehead atoms. The second-order valence-electron chi connectivity index (χ2n) is 8.26. The number of rotatable bonds is 7. The first-order chi connectivity index (χ1) is 14.3. The van der Waals surface area contributed by atoms with Crippen LogP contribution in [0.3, 0.4) is 0 Å². The van der Waals surface area contributed by atoms with Crippen molar-refractivity contribution in [1.82, 2.24) is 5.32 Å². The number of amides is 1. The highest BCUT2D eigenvalue weighted by molar-refractivity contribution is 5.97. The average molecular weight is 394 g/mol. The van der Waals surface area contributed by atoms with Gasteiger partial charge >= 0.3 is 0 Å². The van der Waals surface area contributed by atoms with Crippen LogP contribution in [0.1, 0.15) is 73.7 Å². The molecular weight excluding hydrogens is 362 g/mol. The Kier molecular flexibility index (Phi) is 6.71. The quantitative estimate of drug-likeness (QED) is 0.661. The second-order valence-corrected chi connectivity index (χ2v) is 8.26. The standard InChI is InChI=1S/C25H31NO3/c27-25(26-20-11-5-2-6-12-20)23-16-15-22(28-18-19-9-3-1-4-10-19)17-24(23)29-21-13-7-8-14-21/h1,3-4,9-10,15-17,20-21H,2,5-8,11-14,18H2,(H,26,27). The van der Waals surface area contributed by atoms with Gasteiger partial charge in [-0.2, -0.15) is 0 Å². The highest BCUT2D eigenvalue weighted by Crippen LogP contribution is 2.31. The predicted molar refractivity (Wildman–Crippen MR) is 114 cm³/mol. The van der Waals surface area contributed by atoms with Crippen molar-refractivity contribution in [2.75, 3.05) is 0 Å². The van der Waals surface area contributed by atoms with Crippen molar-refractivity contribution < 1.29 is 14.3 Å². The van der Waals surface area contributed by atoms with Gasteiger partial charge in [-0.25, -0.2) is 0 Å². The van der Waals surface area contributed by atoms with E-state index in [1.54, 1.807) is 0 Å². The number of benzene rings is 2. The lowest BCUT2D eigenvalue weighted by atomic mass is 9.95. The highest BCUT2D eigenvalue weighted by atomic mass is 16.5. The molecule has 2 aromatic rings. The van der Waals surface area contributed by atoms with E-state index in [2.05, 4.69) is 5.32 Å². The van der Waals surface area contributed by atoms with Gasteiger partial charge in [-0.05, 0) is 56.2 Å². The largest absolute Gasteiger partial charge is 0.489 e. The van der Waals surface area contributed by atoms with Crippen molar-refractivity contribution in [1.29, 1.82) is 0 Å². The van der Waals surface area contributed by atoms with Gasteiger partial charge < -0.3 is 14.8 Å².